The second-order valence-corrected chi connectivity index (χ2v) is 9.67. The van der Waals surface area contributed by atoms with E-state index in [9.17, 15) is 26.4 Å². The number of amides is 2. The zero-order valence-electron chi connectivity index (χ0n) is 15.6. The van der Waals surface area contributed by atoms with Gasteiger partial charge in [0.25, 0.3) is 0 Å². The molecule has 0 saturated heterocycles. The van der Waals surface area contributed by atoms with E-state index in [-0.39, 0.29) is 13.1 Å². The number of carbonyl (C=O) groups excluding carboxylic acids is 2. The Labute approximate surface area is 161 Å². The van der Waals surface area contributed by atoms with Crippen molar-refractivity contribution in [3.05, 3.63) is 24.0 Å². The first-order valence-electron chi connectivity index (χ1n) is 8.43. The van der Waals surface area contributed by atoms with Gasteiger partial charge in [-0.3, -0.25) is 9.59 Å². The normalized spacial score (nSPS) is 14.0. The van der Waals surface area contributed by atoms with Crippen LogP contribution in [0.3, 0.4) is 0 Å². The van der Waals surface area contributed by atoms with Crippen molar-refractivity contribution < 1.29 is 31.2 Å². The Hall–Kier alpha value is -1.72. The molecule has 0 aromatic heterocycles. The van der Waals surface area contributed by atoms with Crippen LogP contribution in [-0.2, 0) is 34.0 Å². The summed E-state index contributed by atoms with van der Waals surface area (Å²) in [7, 11) is -7.70. The number of carbonyl (C=O) groups is 2. The Balaban J connectivity index is 5.64. The van der Waals surface area contributed by atoms with E-state index in [1.807, 2.05) is 0 Å². The number of ether oxygens (including phenoxy) is 1. The van der Waals surface area contributed by atoms with Gasteiger partial charge in [-0.15, -0.1) is 0 Å². The van der Waals surface area contributed by atoms with Gasteiger partial charge in [0.15, 0.2) is 31.9 Å². The summed E-state index contributed by atoms with van der Waals surface area (Å²) in [5.74, 6) is -3.05. The van der Waals surface area contributed by atoms with Crippen LogP contribution in [0.5, 0.6) is 0 Å². The molecule has 0 saturated carbocycles. The monoisotopic (exact) mass is 424 g/mol. The second kappa shape index (κ2) is 11.9. The van der Waals surface area contributed by atoms with Crippen molar-refractivity contribution in [2.45, 2.75) is 38.9 Å². The molecule has 0 aromatic rings. The van der Waals surface area contributed by atoms with Gasteiger partial charge in [0.05, 0.1) is 11.5 Å². The summed E-state index contributed by atoms with van der Waals surface area (Å²) in [5.41, 5.74) is 0. The van der Waals surface area contributed by atoms with Crippen LogP contribution in [0.2, 0.25) is 0 Å². The zero-order valence-corrected chi connectivity index (χ0v) is 17.3. The van der Waals surface area contributed by atoms with Crippen LogP contribution in [0.1, 0.15) is 26.7 Å². The minimum atomic E-state index is -3.85. The Morgan fingerprint density at radius 1 is 0.852 bits per heavy atom. The fourth-order valence-corrected chi connectivity index (χ4v) is 3.41. The standard InChI is InChI=1S/C16H28N2O7S2/c1-5-9-17-15(19)13(11-26(21,22)7-3)25-14(12-27(23,24)8-4)16(20)18-10-6-2/h7-8,13-14H,3-6,9-12H2,1-2H3,(H,17,19)(H,18,20). The first-order valence-corrected chi connectivity index (χ1v) is 11.9. The fourth-order valence-electron chi connectivity index (χ4n) is 1.83. The smallest absolute Gasteiger partial charge is 0.250 e. The maximum Gasteiger partial charge on any atom is 0.250 e. The number of nitrogens with one attached hydrogen (secondary N) is 2. The molecule has 0 aliphatic heterocycles. The van der Waals surface area contributed by atoms with Gasteiger partial charge in [-0.1, -0.05) is 27.0 Å². The van der Waals surface area contributed by atoms with E-state index in [1.54, 1.807) is 13.8 Å². The van der Waals surface area contributed by atoms with E-state index in [1.165, 1.54) is 0 Å². The van der Waals surface area contributed by atoms with Crippen LogP contribution in [0.15, 0.2) is 24.0 Å². The molecule has 156 valence electrons. The molecule has 0 rings (SSSR count). The minimum absolute atomic E-state index is 0.268. The number of hydrogen-bond donors (Lipinski definition) is 2. The lowest BCUT2D eigenvalue weighted by atomic mass is 10.3. The van der Waals surface area contributed by atoms with Crippen molar-refractivity contribution in [1.29, 1.82) is 0 Å². The minimum Gasteiger partial charge on any atom is -0.354 e. The van der Waals surface area contributed by atoms with Gasteiger partial charge in [0, 0.05) is 23.9 Å². The third kappa shape index (κ3) is 10.3. The average Bonchev–Trinajstić information content (AvgIpc) is 2.62. The zero-order chi connectivity index (χ0) is 21.1. The molecule has 0 heterocycles. The van der Waals surface area contributed by atoms with Gasteiger partial charge in [-0.25, -0.2) is 16.8 Å². The van der Waals surface area contributed by atoms with Crippen LogP contribution >= 0.6 is 0 Å². The summed E-state index contributed by atoms with van der Waals surface area (Å²) in [6, 6.07) is 0. The molecule has 0 fully saturated rings. The summed E-state index contributed by atoms with van der Waals surface area (Å²) in [6.45, 7) is 10.5. The second-order valence-electron chi connectivity index (χ2n) is 5.69. The largest absolute Gasteiger partial charge is 0.354 e. The summed E-state index contributed by atoms with van der Waals surface area (Å²) in [5, 5.41) is 6.30. The molecule has 2 N–H and O–H groups in total. The number of sulfone groups is 2. The number of hydrogen-bond acceptors (Lipinski definition) is 7. The van der Waals surface area contributed by atoms with Gasteiger partial charge in [0.2, 0.25) is 11.8 Å². The summed E-state index contributed by atoms with van der Waals surface area (Å²) in [6.07, 6.45) is -1.95. The molecule has 9 nitrogen and oxygen atoms in total. The first-order chi connectivity index (χ1) is 12.5. The van der Waals surface area contributed by atoms with Crippen molar-refractivity contribution in [1.82, 2.24) is 10.6 Å². The van der Waals surface area contributed by atoms with E-state index in [4.69, 9.17) is 4.74 Å². The van der Waals surface area contributed by atoms with Crippen LogP contribution < -0.4 is 10.6 Å². The van der Waals surface area contributed by atoms with E-state index in [2.05, 4.69) is 23.8 Å². The third-order valence-electron chi connectivity index (χ3n) is 3.29. The van der Waals surface area contributed by atoms with Crippen molar-refractivity contribution in [3.8, 4) is 0 Å². The summed E-state index contributed by atoms with van der Waals surface area (Å²) in [4.78, 5) is 24.5. The maximum absolute atomic E-state index is 12.3. The Morgan fingerprint density at radius 2 is 1.19 bits per heavy atom. The summed E-state index contributed by atoms with van der Waals surface area (Å²) >= 11 is 0. The Morgan fingerprint density at radius 3 is 1.44 bits per heavy atom. The molecule has 0 aromatic carbocycles. The van der Waals surface area contributed by atoms with E-state index in [0.29, 0.717) is 23.7 Å². The molecule has 11 heteroatoms. The van der Waals surface area contributed by atoms with Crippen molar-refractivity contribution in [2.75, 3.05) is 24.6 Å². The van der Waals surface area contributed by atoms with Crippen LogP contribution in [0.25, 0.3) is 0 Å². The highest BCUT2D eigenvalue weighted by atomic mass is 32.2. The molecule has 27 heavy (non-hydrogen) atoms. The van der Waals surface area contributed by atoms with Gasteiger partial charge in [0.1, 0.15) is 0 Å². The lowest BCUT2D eigenvalue weighted by Gasteiger charge is -2.23. The number of rotatable bonds is 14. The quantitative estimate of drug-likeness (QED) is 0.398. The highest BCUT2D eigenvalue weighted by molar-refractivity contribution is 7.94. The molecule has 2 amide bonds. The SMILES string of the molecule is C=CS(=O)(=O)CC(OC(CS(=O)(=O)C=C)C(=O)NCCC)C(=O)NCCC. The highest BCUT2D eigenvalue weighted by Crippen LogP contribution is 2.09. The molecule has 2 atom stereocenters. The third-order valence-corrected chi connectivity index (χ3v) is 5.84. The predicted octanol–water partition coefficient (Wildman–Crippen LogP) is -0.0908. The maximum atomic E-state index is 12.3. The van der Waals surface area contributed by atoms with E-state index in [0.717, 1.165) is 0 Å². The highest BCUT2D eigenvalue weighted by Gasteiger charge is 2.33. The molecule has 0 spiro atoms. The van der Waals surface area contributed by atoms with Gasteiger partial charge >= 0.3 is 0 Å². The molecule has 0 aliphatic rings. The molecular weight excluding hydrogens is 396 g/mol. The van der Waals surface area contributed by atoms with Crippen LogP contribution in [-0.4, -0.2) is 65.5 Å². The predicted molar refractivity (Wildman–Crippen MR) is 103 cm³/mol. The van der Waals surface area contributed by atoms with Gasteiger partial charge in [-0.2, -0.15) is 0 Å². The van der Waals surface area contributed by atoms with Gasteiger partial charge in [-0.05, 0) is 12.8 Å². The molecule has 0 radical (unpaired) electrons. The first kappa shape index (κ1) is 25.3. The molecule has 0 bridgehead atoms. The fraction of sp³-hybridized carbons (Fsp3) is 0.625. The van der Waals surface area contributed by atoms with Gasteiger partial charge < -0.3 is 15.4 Å². The molecule has 0 aliphatic carbocycles. The van der Waals surface area contributed by atoms with Crippen LogP contribution in [0.4, 0.5) is 0 Å². The lowest BCUT2D eigenvalue weighted by molar-refractivity contribution is -0.142. The van der Waals surface area contributed by atoms with E-state index >= 15 is 0 Å². The molecular formula is C16H28N2O7S2. The summed E-state index contributed by atoms with van der Waals surface area (Å²) < 4.78 is 52.7. The van der Waals surface area contributed by atoms with Crippen LogP contribution in [0, 0.1) is 0 Å². The van der Waals surface area contributed by atoms with Crippen molar-refractivity contribution in [2.24, 2.45) is 0 Å². The topological polar surface area (TPSA) is 136 Å². The molecule has 2 unspecified atom stereocenters. The van der Waals surface area contributed by atoms with Crippen molar-refractivity contribution in [3.63, 3.8) is 0 Å². The van der Waals surface area contributed by atoms with E-state index < -0.39 is 55.2 Å². The lowest BCUT2D eigenvalue weighted by Crippen LogP contribution is -2.48. The Bertz CT molecular complexity index is 668. The Kier molecular flexibility index (Phi) is 11.1. The van der Waals surface area contributed by atoms with Crippen molar-refractivity contribution >= 4 is 31.5 Å². The average molecular weight is 425 g/mol.